The SMILES string of the molecule is Cc1ccc(CNC(=O)c2ccccc2NC(=O)CC(C)(C)C)cc1. The summed E-state index contributed by atoms with van der Waals surface area (Å²) in [5.41, 5.74) is 3.12. The summed E-state index contributed by atoms with van der Waals surface area (Å²) in [6.45, 7) is 8.49. The van der Waals surface area contributed by atoms with Gasteiger partial charge in [0.2, 0.25) is 5.91 Å². The fourth-order valence-corrected chi connectivity index (χ4v) is 2.45. The van der Waals surface area contributed by atoms with Gasteiger partial charge in [0.05, 0.1) is 11.3 Å². The third-order valence-corrected chi connectivity index (χ3v) is 3.71. The van der Waals surface area contributed by atoms with Crippen molar-refractivity contribution in [3.05, 3.63) is 65.2 Å². The Labute approximate surface area is 149 Å². The van der Waals surface area contributed by atoms with Crippen molar-refractivity contribution in [2.45, 2.75) is 40.7 Å². The summed E-state index contributed by atoms with van der Waals surface area (Å²) >= 11 is 0. The van der Waals surface area contributed by atoms with Crippen LogP contribution in [0.2, 0.25) is 0 Å². The molecule has 0 aliphatic carbocycles. The summed E-state index contributed by atoms with van der Waals surface area (Å²) in [7, 11) is 0. The number of carbonyl (C=O) groups is 2. The number of hydrogen-bond acceptors (Lipinski definition) is 2. The maximum Gasteiger partial charge on any atom is 0.253 e. The number of aryl methyl sites for hydroxylation is 1. The molecule has 2 aromatic carbocycles. The predicted octanol–water partition coefficient (Wildman–Crippen LogP) is 4.30. The molecule has 0 heterocycles. The maximum absolute atomic E-state index is 12.5. The molecule has 2 aromatic rings. The van der Waals surface area contributed by atoms with Crippen LogP contribution >= 0.6 is 0 Å². The minimum absolute atomic E-state index is 0.0914. The van der Waals surface area contributed by atoms with E-state index < -0.39 is 0 Å². The summed E-state index contributed by atoms with van der Waals surface area (Å²) in [5.74, 6) is -0.293. The van der Waals surface area contributed by atoms with E-state index in [1.165, 1.54) is 5.56 Å². The highest BCUT2D eigenvalue weighted by molar-refractivity contribution is 6.03. The fraction of sp³-hybridized carbons (Fsp3) is 0.333. The first-order chi connectivity index (χ1) is 11.7. The highest BCUT2D eigenvalue weighted by atomic mass is 16.2. The van der Waals surface area contributed by atoms with Gasteiger partial charge in [-0.15, -0.1) is 0 Å². The van der Waals surface area contributed by atoms with Crippen LogP contribution in [0.1, 0.15) is 48.7 Å². The molecule has 0 saturated heterocycles. The summed E-state index contributed by atoms with van der Waals surface area (Å²) in [4.78, 5) is 24.7. The molecule has 2 rings (SSSR count). The molecule has 0 atom stereocenters. The average molecular weight is 338 g/mol. The van der Waals surface area contributed by atoms with Crippen molar-refractivity contribution in [3.63, 3.8) is 0 Å². The van der Waals surface area contributed by atoms with Crippen molar-refractivity contribution in [1.29, 1.82) is 0 Å². The van der Waals surface area contributed by atoms with E-state index in [-0.39, 0.29) is 17.2 Å². The van der Waals surface area contributed by atoms with E-state index in [9.17, 15) is 9.59 Å². The Kier molecular flexibility index (Phi) is 5.97. The zero-order valence-electron chi connectivity index (χ0n) is 15.3. The molecule has 25 heavy (non-hydrogen) atoms. The summed E-state index contributed by atoms with van der Waals surface area (Å²) in [6.07, 6.45) is 0.395. The van der Waals surface area contributed by atoms with Crippen LogP contribution in [-0.4, -0.2) is 11.8 Å². The fourth-order valence-electron chi connectivity index (χ4n) is 2.45. The molecule has 0 aliphatic rings. The van der Waals surface area contributed by atoms with Gasteiger partial charge in [0, 0.05) is 13.0 Å². The Bertz CT molecular complexity index is 743. The lowest BCUT2D eigenvalue weighted by Gasteiger charge is -2.18. The zero-order valence-corrected chi connectivity index (χ0v) is 15.3. The topological polar surface area (TPSA) is 58.2 Å². The normalized spacial score (nSPS) is 11.0. The molecule has 0 unspecified atom stereocenters. The largest absolute Gasteiger partial charge is 0.348 e. The third-order valence-electron chi connectivity index (χ3n) is 3.71. The van der Waals surface area contributed by atoms with Gasteiger partial charge in [-0.05, 0) is 30.0 Å². The number of anilines is 1. The lowest BCUT2D eigenvalue weighted by Crippen LogP contribution is -2.25. The zero-order chi connectivity index (χ0) is 18.4. The van der Waals surface area contributed by atoms with Crippen LogP contribution in [0.5, 0.6) is 0 Å². The second-order valence-corrected chi connectivity index (χ2v) is 7.50. The van der Waals surface area contributed by atoms with Crippen molar-refractivity contribution in [3.8, 4) is 0 Å². The first kappa shape index (κ1) is 18.7. The lowest BCUT2D eigenvalue weighted by atomic mass is 9.92. The predicted molar refractivity (Wildman–Crippen MR) is 101 cm³/mol. The molecule has 0 aromatic heterocycles. The quantitative estimate of drug-likeness (QED) is 0.854. The van der Waals surface area contributed by atoms with Gasteiger partial charge < -0.3 is 10.6 Å². The van der Waals surface area contributed by atoms with Crippen LogP contribution in [-0.2, 0) is 11.3 Å². The van der Waals surface area contributed by atoms with Crippen LogP contribution in [0, 0.1) is 12.3 Å². The van der Waals surface area contributed by atoms with Crippen molar-refractivity contribution >= 4 is 17.5 Å². The molecule has 0 spiro atoms. The molecule has 2 amide bonds. The average Bonchev–Trinajstić information content (AvgIpc) is 2.52. The molecular weight excluding hydrogens is 312 g/mol. The number of rotatable bonds is 5. The number of nitrogens with one attached hydrogen (secondary N) is 2. The molecule has 2 N–H and O–H groups in total. The molecular formula is C21H26N2O2. The highest BCUT2D eigenvalue weighted by Gasteiger charge is 2.18. The number of benzene rings is 2. The van der Waals surface area contributed by atoms with E-state index in [0.717, 1.165) is 5.56 Å². The first-order valence-corrected chi connectivity index (χ1v) is 8.47. The van der Waals surface area contributed by atoms with Gasteiger partial charge in [0.1, 0.15) is 0 Å². The number of hydrogen-bond donors (Lipinski definition) is 2. The van der Waals surface area contributed by atoms with Crippen molar-refractivity contribution < 1.29 is 9.59 Å². The van der Waals surface area contributed by atoms with E-state index in [1.807, 2.05) is 58.0 Å². The molecule has 132 valence electrons. The third kappa shape index (κ3) is 6.07. The minimum atomic E-state index is -0.202. The van der Waals surface area contributed by atoms with Gasteiger partial charge in [-0.3, -0.25) is 9.59 Å². The molecule has 0 fully saturated rings. The van der Waals surface area contributed by atoms with Crippen LogP contribution in [0.4, 0.5) is 5.69 Å². The second-order valence-electron chi connectivity index (χ2n) is 7.50. The number of carbonyl (C=O) groups excluding carboxylic acids is 2. The summed E-state index contributed by atoms with van der Waals surface area (Å²) in [5, 5.41) is 5.76. The van der Waals surface area contributed by atoms with Gasteiger partial charge in [0.15, 0.2) is 0 Å². The van der Waals surface area contributed by atoms with Crippen LogP contribution in [0.15, 0.2) is 48.5 Å². The van der Waals surface area contributed by atoms with E-state index in [4.69, 9.17) is 0 Å². The molecule has 0 bridgehead atoms. The molecule has 4 nitrogen and oxygen atoms in total. The number of amides is 2. The maximum atomic E-state index is 12.5. The summed E-state index contributed by atoms with van der Waals surface area (Å²) < 4.78 is 0. The highest BCUT2D eigenvalue weighted by Crippen LogP contribution is 2.21. The smallest absolute Gasteiger partial charge is 0.253 e. The Hall–Kier alpha value is -2.62. The van der Waals surface area contributed by atoms with Crippen LogP contribution in [0.25, 0.3) is 0 Å². The molecule has 0 aliphatic heterocycles. The standard InChI is InChI=1S/C21H26N2O2/c1-15-9-11-16(12-10-15)14-22-20(25)17-7-5-6-8-18(17)23-19(24)13-21(2,3)4/h5-12H,13-14H2,1-4H3,(H,22,25)(H,23,24). The Morgan fingerprint density at radius 1 is 0.960 bits per heavy atom. The van der Waals surface area contributed by atoms with Crippen molar-refractivity contribution in [2.75, 3.05) is 5.32 Å². The van der Waals surface area contributed by atoms with Crippen molar-refractivity contribution in [1.82, 2.24) is 5.32 Å². The van der Waals surface area contributed by atoms with Gasteiger partial charge in [-0.2, -0.15) is 0 Å². The van der Waals surface area contributed by atoms with Gasteiger partial charge in [0.25, 0.3) is 5.91 Å². The van der Waals surface area contributed by atoms with Gasteiger partial charge in [-0.1, -0.05) is 62.7 Å². The molecule has 0 saturated carbocycles. The molecule has 0 radical (unpaired) electrons. The molecule has 4 heteroatoms. The Morgan fingerprint density at radius 3 is 2.24 bits per heavy atom. The Balaban J connectivity index is 2.04. The van der Waals surface area contributed by atoms with E-state index in [0.29, 0.717) is 24.2 Å². The Morgan fingerprint density at radius 2 is 1.60 bits per heavy atom. The van der Waals surface area contributed by atoms with E-state index in [1.54, 1.807) is 18.2 Å². The monoisotopic (exact) mass is 338 g/mol. The minimum Gasteiger partial charge on any atom is -0.348 e. The van der Waals surface area contributed by atoms with Crippen LogP contribution < -0.4 is 10.6 Å². The lowest BCUT2D eigenvalue weighted by molar-refractivity contribution is -0.117. The van der Waals surface area contributed by atoms with Crippen LogP contribution in [0.3, 0.4) is 0 Å². The van der Waals surface area contributed by atoms with Crippen molar-refractivity contribution in [2.24, 2.45) is 5.41 Å². The van der Waals surface area contributed by atoms with Gasteiger partial charge in [-0.25, -0.2) is 0 Å². The number of para-hydroxylation sites is 1. The first-order valence-electron chi connectivity index (χ1n) is 8.47. The van der Waals surface area contributed by atoms with Gasteiger partial charge >= 0.3 is 0 Å². The summed E-state index contributed by atoms with van der Waals surface area (Å²) in [6, 6.07) is 15.1. The van der Waals surface area contributed by atoms with E-state index >= 15 is 0 Å². The second kappa shape index (κ2) is 7.97. The van der Waals surface area contributed by atoms with E-state index in [2.05, 4.69) is 10.6 Å².